The molecule has 7 nitrogen and oxygen atoms in total. The van der Waals surface area contributed by atoms with Crippen molar-refractivity contribution in [2.24, 2.45) is 0 Å². The fraction of sp³-hybridized carbons (Fsp3) is 0.846. The van der Waals surface area contributed by atoms with Crippen LogP contribution >= 0.6 is 0 Å². The third kappa shape index (κ3) is 7.42. The van der Waals surface area contributed by atoms with Crippen LogP contribution in [-0.2, 0) is 14.3 Å². The molecular weight excluding hydrogens is 260 g/mol. The summed E-state index contributed by atoms with van der Waals surface area (Å²) in [6.07, 6.45) is 0.716. The second-order valence-corrected chi connectivity index (χ2v) is 4.65. The van der Waals surface area contributed by atoms with Gasteiger partial charge in [0.15, 0.2) is 0 Å². The molecule has 3 N–H and O–H groups in total. The van der Waals surface area contributed by atoms with Crippen molar-refractivity contribution in [3.63, 3.8) is 0 Å². The molecule has 0 unspecified atom stereocenters. The normalized spacial score (nSPS) is 15.8. The van der Waals surface area contributed by atoms with E-state index >= 15 is 0 Å². The summed E-state index contributed by atoms with van der Waals surface area (Å²) in [5.41, 5.74) is 0. The maximum atomic E-state index is 11.5. The first kappa shape index (κ1) is 16.9. The summed E-state index contributed by atoms with van der Waals surface area (Å²) in [5, 5.41) is 8.48. The Hall–Kier alpha value is -1.18. The van der Waals surface area contributed by atoms with E-state index in [0.29, 0.717) is 32.7 Å². The third-order valence-corrected chi connectivity index (χ3v) is 3.08. The summed E-state index contributed by atoms with van der Waals surface area (Å²) in [6, 6.07) is 0. The van der Waals surface area contributed by atoms with Gasteiger partial charge in [-0.15, -0.1) is 0 Å². The second-order valence-electron chi connectivity index (χ2n) is 4.65. The van der Waals surface area contributed by atoms with Crippen LogP contribution in [0.5, 0.6) is 0 Å². The molecule has 2 amide bonds. The first-order chi connectivity index (χ1) is 9.74. The van der Waals surface area contributed by atoms with Crippen molar-refractivity contribution in [3.8, 4) is 0 Å². The lowest BCUT2D eigenvalue weighted by Crippen LogP contribution is -2.47. The van der Waals surface area contributed by atoms with Crippen molar-refractivity contribution in [1.29, 1.82) is 0 Å². The highest BCUT2D eigenvalue weighted by Crippen LogP contribution is 1.89. The van der Waals surface area contributed by atoms with Gasteiger partial charge in [0.25, 0.3) is 0 Å². The van der Waals surface area contributed by atoms with Crippen molar-refractivity contribution in [1.82, 2.24) is 20.9 Å². The lowest BCUT2D eigenvalue weighted by molar-refractivity contribution is -0.139. The molecule has 116 valence electrons. The van der Waals surface area contributed by atoms with Crippen molar-refractivity contribution < 1.29 is 14.3 Å². The molecular formula is C13H26N4O3. The summed E-state index contributed by atoms with van der Waals surface area (Å²) < 4.78 is 5.15. The first-order valence-electron chi connectivity index (χ1n) is 7.31. The smallest absolute Gasteiger partial charge is 0.309 e. The maximum Gasteiger partial charge on any atom is 0.309 e. The topological polar surface area (TPSA) is 82.7 Å². The van der Waals surface area contributed by atoms with Crippen molar-refractivity contribution in [2.45, 2.75) is 13.3 Å². The van der Waals surface area contributed by atoms with E-state index in [4.69, 9.17) is 4.74 Å². The summed E-state index contributed by atoms with van der Waals surface area (Å²) in [7, 11) is 0. The van der Waals surface area contributed by atoms with Crippen molar-refractivity contribution in [3.05, 3.63) is 0 Å². The third-order valence-electron chi connectivity index (χ3n) is 3.08. The molecule has 0 radical (unpaired) electrons. The zero-order valence-corrected chi connectivity index (χ0v) is 12.2. The zero-order valence-electron chi connectivity index (χ0n) is 12.2. The Morgan fingerprint density at radius 1 is 1.15 bits per heavy atom. The Morgan fingerprint density at radius 3 is 2.45 bits per heavy atom. The van der Waals surface area contributed by atoms with E-state index in [1.807, 2.05) is 6.92 Å². The van der Waals surface area contributed by atoms with Crippen LogP contribution in [0.1, 0.15) is 13.3 Å². The van der Waals surface area contributed by atoms with Crippen LogP contribution in [-0.4, -0.2) is 75.7 Å². The first-order valence-corrected chi connectivity index (χ1v) is 7.31. The number of hydrogen-bond donors (Lipinski definition) is 3. The number of rotatable bonds is 8. The average molecular weight is 286 g/mol. The summed E-state index contributed by atoms with van der Waals surface area (Å²) in [4.78, 5) is 25.3. The van der Waals surface area contributed by atoms with E-state index in [2.05, 4.69) is 20.9 Å². The molecule has 0 aromatic carbocycles. The molecule has 0 bridgehead atoms. The van der Waals surface area contributed by atoms with Crippen LogP contribution in [0.2, 0.25) is 0 Å². The fourth-order valence-electron chi connectivity index (χ4n) is 1.94. The second kappa shape index (κ2) is 10.6. The number of carbonyl (C=O) groups excluding carboxylic acids is 2. The number of amides is 2. The number of ether oxygens (including phenoxy) is 1. The van der Waals surface area contributed by atoms with Crippen molar-refractivity contribution >= 4 is 11.8 Å². The van der Waals surface area contributed by atoms with Gasteiger partial charge in [0.2, 0.25) is 0 Å². The number of nitrogens with zero attached hydrogens (tertiary/aromatic N) is 1. The molecule has 1 fully saturated rings. The van der Waals surface area contributed by atoms with Gasteiger partial charge in [-0.1, -0.05) is 0 Å². The summed E-state index contributed by atoms with van der Waals surface area (Å²) in [6.45, 7) is 8.87. The molecule has 1 aliphatic heterocycles. The highest BCUT2D eigenvalue weighted by Gasteiger charge is 2.13. The van der Waals surface area contributed by atoms with Gasteiger partial charge < -0.3 is 20.7 Å². The van der Waals surface area contributed by atoms with E-state index < -0.39 is 11.8 Å². The van der Waals surface area contributed by atoms with Gasteiger partial charge in [0.05, 0.1) is 0 Å². The molecule has 0 spiro atoms. The molecule has 0 atom stereocenters. The Kier molecular flexibility index (Phi) is 8.93. The highest BCUT2D eigenvalue weighted by molar-refractivity contribution is 6.35. The molecule has 1 heterocycles. The summed E-state index contributed by atoms with van der Waals surface area (Å²) >= 11 is 0. The average Bonchev–Trinajstić information content (AvgIpc) is 2.47. The molecule has 1 saturated heterocycles. The van der Waals surface area contributed by atoms with Gasteiger partial charge in [0, 0.05) is 59.0 Å². The minimum atomic E-state index is -0.568. The van der Waals surface area contributed by atoms with Gasteiger partial charge in [-0.25, -0.2) is 0 Å². The molecule has 0 aromatic heterocycles. The largest absolute Gasteiger partial charge is 0.382 e. The predicted octanol–water partition coefficient (Wildman–Crippen LogP) is -1.45. The zero-order chi connectivity index (χ0) is 14.6. The SMILES string of the molecule is CCOCCCNC(=O)C(=O)NCCN1CCNCC1. The molecule has 0 aromatic rings. The quantitative estimate of drug-likeness (QED) is 0.376. The molecule has 1 aliphatic rings. The molecule has 1 rings (SSSR count). The highest BCUT2D eigenvalue weighted by atomic mass is 16.5. The van der Waals surface area contributed by atoms with E-state index in [9.17, 15) is 9.59 Å². The van der Waals surface area contributed by atoms with Crippen LogP contribution in [0.25, 0.3) is 0 Å². The van der Waals surface area contributed by atoms with Crippen LogP contribution in [0.4, 0.5) is 0 Å². The van der Waals surface area contributed by atoms with Gasteiger partial charge in [0.1, 0.15) is 0 Å². The van der Waals surface area contributed by atoms with Crippen LogP contribution in [0, 0.1) is 0 Å². The lowest BCUT2D eigenvalue weighted by atomic mass is 10.3. The van der Waals surface area contributed by atoms with Crippen LogP contribution in [0.3, 0.4) is 0 Å². The van der Waals surface area contributed by atoms with E-state index in [0.717, 1.165) is 32.7 Å². The lowest BCUT2D eigenvalue weighted by Gasteiger charge is -2.26. The standard InChI is InChI=1S/C13H26N4O3/c1-2-20-11-3-4-15-12(18)13(19)16-7-10-17-8-5-14-6-9-17/h14H,2-11H2,1H3,(H,15,18)(H,16,19). The maximum absolute atomic E-state index is 11.5. The number of carbonyl (C=O) groups is 2. The fourth-order valence-corrected chi connectivity index (χ4v) is 1.94. The Bertz CT molecular complexity index is 293. The van der Waals surface area contributed by atoms with Gasteiger partial charge in [-0.2, -0.15) is 0 Å². The van der Waals surface area contributed by atoms with Crippen LogP contribution < -0.4 is 16.0 Å². The predicted molar refractivity (Wildman–Crippen MR) is 76.4 cm³/mol. The van der Waals surface area contributed by atoms with Crippen molar-refractivity contribution in [2.75, 3.05) is 59.0 Å². The van der Waals surface area contributed by atoms with E-state index in [1.165, 1.54) is 0 Å². The Balaban J connectivity index is 2.01. The Morgan fingerprint density at radius 2 is 1.80 bits per heavy atom. The molecule has 0 aliphatic carbocycles. The molecule has 0 saturated carbocycles. The van der Waals surface area contributed by atoms with Gasteiger partial charge in [-0.3, -0.25) is 14.5 Å². The van der Waals surface area contributed by atoms with E-state index in [1.54, 1.807) is 0 Å². The molecule has 7 heteroatoms. The van der Waals surface area contributed by atoms with Gasteiger partial charge >= 0.3 is 11.8 Å². The van der Waals surface area contributed by atoms with Gasteiger partial charge in [-0.05, 0) is 13.3 Å². The Labute approximate surface area is 120 Å². The monoisotopic (exact) mass is 286 g/mol. The molecule has 20 heavy (non-hydrogen) atoms. The number of piperazine rings is 1. The number of hydrogen-bond acceptors (Lipinski definition) is 5. The minimum absolute atomic E-state index is 0.462. The van der Waals surface area contributed by atoms with E-state index in [-0.39, 0.29) is 0 Å². The van der Waals surface area contributed by atoms with Crippen LogP contribution in [0.15, 0.2) is 0 Å². The number of nitrogens with one attached hydrogen (secondary N) is 3. The minimum Gasteiger partial charge on any atom is -0.382 e. The summed E-state index contributed by atoms with van der Waals surface area (Å²) in [5.74, 6) is -1.13.